The van der Waals surface area contributed by atoms with Gasteiger partial charge in [0.05, 0.1) is 43.3 Å². The van der Waals surface area contributed by atoms with Crippen molar-refractivity contribution >= 4 is 19.2 Å². The molecule has 0 aliphatic carbocycles. The van der Waals surface area contributed by atoms with Crippen molar-refractivity contribution in [1.82, 2.24) is 14.6 Å². The van der Waals surface area contributed by atoms with E-state index in [1.807, 2.05) is 6.07 Å². The number of halogens is 1. The Morgan fingerprint density at radius 2 is 1.46 bits per heavy atom. The molecule has 310 valence electrons. The zero-order chi connectivity index (χ0) is 40.6. The minimum atomic E-state index is -4.81. The van der Waals surface area contributed by atoms with Gasteiger partial charge in [-0.15, -0.1) is 0 Å². The molecule has 3 aromatic rings. The quantitative estimate of drug-likeness (QED) is 0.0273. The van der Waals surface area contributed by atoms with Gasteiger partial charge in [-0.1, -0.05) is 122 Å². The first-order valence-corrected chi connectivity index (χ1v) is 21.5. The lowest BCUT2D eigenvalue weighted by Gasteiger charge is -2.25. The van der Waals surface area contributed by atoms with Gasteiger partial charge < -0.3 is 30.3 Å². The van der Waals surface area contributed by atoms with E-state index in [2.05, 4.69) is 17.0 Å². The fourth-order valence-electron chi connectivity index (χ4n) is 6.48. The number of phosphoric ester groups is 1. The normalized spacial score (nSPS) is 14.8. The topological polar surface area (TPSA) is 218 Å². The van der Waals surface area contributed by atoms with Gasteiger partial charge in [-0.2, -0.15) is 15.6 Å². The van der Waals surface area contributed by atoms with Crippen molar-refractivity contribution in [3.8, 4) is 12.3 Å². The average molecular weight is 803 g/mol. The van der Waals surface area contributed by atoms with Gasteiger partial charge in [-0.3, -0.25) is 9.05 Å². The highest BCUT2D eigenvalue weighted by Gasteiger charge is 2.35. The molecule has 0 radical (unpaired) electrons. The Bertz CT molecular complexity index is 1700. The van der Waals surface area contributed by atoms with Crippen LogP contribution in [-0.4, -0.2) is 61.2 Å². The Hall–Kier alpha value is -3.66. The lowest BCUT2D eigenvalue weighted by atomic mass is 10.0. The van der Waals surface area contributed by atoms with E-state index in [1.54, 1.807) is 0 Å². The number of hydrogen-bond acceptors (Lipinski definition) is 12. The highest BCUT2D eigenvalue weighted by atomic mass is 31.2. The van der Waals surface area contributed by atoms with E-state index >= 15 is 0 Å². The maximum atomic E-state index is 14.6. The van der Waals surface area contributed by atoms with Crippen molar-refractivity contribution < 1.29 is 42.6 Å². The molecular formula is C40H60FN6O8P. The minimum Gasteiger partial charge on any atom is -0.419 e. The number of fused-ring (bicyclic) bond motifs is 1. The second-order valence-corrected chi connectivity index (χ2v) is 15.7. The highest BCUT2D eigenvalue weighted by molar-refractivity contribution is 7.47. The molecule has 0 aliphatic heterocycles. The molecule has 0 aliphatic rings. The second kappa shape index (κ2) is 26.3. The number of anilines is 1. The zero-order valence-corrected chi connectivity index (χ0v) is 33.5. The predicted octanol–water partition coefficient (Wildman–Crippen LogP) is 8.34. The van der Waals surface area contributed by atoms with Gasteiger partial charge in [-0.25, -0.2) is 18.5 Å². The van der Waals surface area contributed by atoms with E-state index in [-0.39, 0.29) is 35.9 Å². The molecule has 2 aromatic heterocycles. The van der Waals surface area contributed by atoms with Gasteiger partial charge in [0.15, 0.2) is 11.9 Å². The lowest BCUT2D eigenvalue weighted by Crippen LogP contribution is -2.37. The Kier molecular flexibility index (Phi) is 21.9. The first-order chi connectivity index (χ1) is 27.1. The van der Waals surface area contributed by atoms with Gasteiger partial charge in [-0.05, 0) is 30.7 Å². The number of benzene rings is 1. The number of nitrogens with zero attached hydrogens (tertiary/aromatic N) is 5. The smallest absolute Gasteiger partial charge is 0.419 e. The number of unbranched alkanes of at least 4 members (excludes halogenated alkanes) is 16. The Morgan fingerprint density at radius 1 is 0.875 bits per heavy atom. The maximum absolute atomic E-state index is 14.6. The largest absolute Gasteiger partial charge is 0.472 e. The van der Waals surface area contributed by atoms with Crippen LogP contribution < -0.4 is 5.73 Å². The van der Waals surface area contributed by atoms with E-state index in [1.165, 1.54) is 119 Å². The number of nitrogen functional groups attached to an aromatic ring is 1. The number of aliphatic hydroxyl groups is 2. The summed E-state index contributed by atoms with van der Waals surface area (Å²) in [6.45, 7) is 0.907. The SMILES string of the molecule is CCCCCCCCCCCCCCCCCCC[C@H](COP(=O)(O)OC[C@@H](OC#N)[C@@H](O)[C@@H](O)c1ccc2c(N)ncnn12)OCc1ccc(C#N)cc1F. The number of rotatable bonds is 31. The first-order valence-electron chi connectivity index (χ1n) is 20.0. The predicted molar refractivity (Wildman–Crippen MR) is 209 cm³/mol. The van der Waals surface area contributed by atoms with Gasteiger partial charge in [0.1, 0.15) is 29.9 Å². The summed E-state index contributed by atoms with van der Waals surface area (Å²) in [4.78, 5) is 14.4. The molecule has 16 heteroatoms. The minimum absolute atomic E-state index is 0.0969. The third kappa shape index (κ3) is 16.8. The van der Waals surface area contributed by atoms with Crippen LogP contribution in [0.5, 0.6) is 0 Å². The molecule has 0 spiro atoms. The van der Waals surface area contributed by atoms with E-state index in [0.717, 1.165) is 38.1 Å². The van der Waals surface area contributed by atoms with Crippen LogP contribution in [0.25, 0.3) is 5.52 Å². The Labute approximate surface area is 330 Å². The van der Waals surface area contributed by atoms with Crippen molar-refractivity contribution in [2.45, 2.75) is 154 Å². The number of hydrogen-bond donors (Lipinski definition) is 4. The molecule has 14 nitrogen and oxygen atoms in total. The monoisotopic (exact) mass is 802 g/mol. The van der Waals surface area contributed by atoms with Crippen molar-refractivity contribution in [1.29, 1.82) is 10.5 Å². The van der Waals surface area contributed by atoms with Crippen molar-refractivity contribution in [2.24, 2.45) is 0 Å². The fourth-order valence-corrected chi connectivity index (χ4v) is 7.25. The molecule has 0 amide bonds. The summed E-state index contributed by atoms with van der Waals surface area (Å²) in [6.07, 6.45) is 18.1. The molecular weight excluding hydrogens is 742 g/mol. The molecule has 3 rings (SSSR count). The molecule has 0 saturated carbocycles. The molecule has 0 bridgehead atoms. The van der Waals surface area contributed by atoms with Crippen molar-refractivity contribution in [2.75, 3.05) is 18.9 Å². The molecule has 56 heavy (non-hydrogen) atoms. The molecule has 0 saturated heterocycles. The fraction of sp³-hybridized carbons (Fsp3) is 0.650. The highest BCUT2D eigenvalue weighted by Crippen LogP contribution is 2.44. The van der Waals surface area contributed by atoms with E-state index in [0.29, 0.717) is 11.9 Å². The summed E-state index contributed by atoms with van der Waals surface area (Å²) in [5.74, 6) is -0.472. The van der Waals surface area contributed by atoms with Crippen LogP contribution >= 0.6 is 7.82 Å². The molecule has 1 unspecified atom stereocenters. The van der Waals surface area contributed by atoms with Gasteiger partial charge in [0.25, 0.3) is 6.26 Å². The van der Waals surface area contributed by atoms with Crippen LogP contribution in [0.4, 0.5) is 10.2 Å². The number of ether oxygens (including phenoxy) is 2. The lowest BCUT2D eigenvalue weighted by molar-refractivity contribution is -0.0806. The summed E-state index contributed by atoms with van der Waals surface area (Å²) in [6, 6.07) is 8.91. The summed E-state index contributed by atoms with van der Waals surface area (Å²) in [5, 5.41) is 44.0. The van der Waals surface area contributed by atoms with Crippen LogP contribution in [0.15, 0.2) is 36.7 Å². The summed E-state index contributed by atoms with van der Waals surface area (Å²) in [5.41, 5.74) is 6.69. The number of phosphoric acid groups is 1. The van der Waals surface area contributed by atoms with Gasteiger partial charge in [0.2, 0.25) is 0 Å². The van der Waals surface area contributed by atoms with Crippen LogP contribution in [0.2, 0.25) is 0 Å². The zero-order valence-electron chi connectivity index (χ0n) is 32.6. The Balaban J connectivity index is 1.44. The van der Waals surface area contributed by atoms with Gasteiger partial charge in [0, 0.05) is 5.56 Å². The maximum Gasteiger partial charge on any atom is 0.472 e. The first kappa shape index (κ1) is 46.7. The summed E-state index contributed by atoms with van der Waals surface area (Å²) < 4.78 is 49.9. The standard InChI is InChI=1S/C40H60FN6O8P/c1-2-3-4-5-6-7-8-9-10-11-12-13-14-15-16-17-18-19-33(52-26-32-21-20-31(25-42)24-34(32)41)27-54-56(50,51)55-28-37(53-29-43)39(49)38(48)35-22-23-36-40(44)45-30-46-47(35)36/h20-24,30,33,37-39,48-49H,2-19,26-28H2,1H3,(H,50,51)(H2,44,45,46)/t33-,37-,38+,39-/m1/s1. The molecule has 5 atom stereocenters. The third-order valence-electron chi connectivity index (χ3n) is 9.83. The van der Waals surface area contributed by atoms with Crippen molar-refractivity contribution in [3.63, 3.8) is 0 Å². The van der Waals surface area contributed by atoms with Gasteiger partial charge >= 0.3 is 7.82 Å². The Morgan fingerprint density at radius 3 is 2.04 bits per heavy atom. The van der Waals surface area contributed by atoms with Crippen LogP contribution in [0, 0.1) is 28.7 Å². The van der Waals surface area contributed by atoms with E-state index < -0.39 is 44.7 Å². The van der Waals surface area contributed by atoms with Crippen molar-refractivity contribution in [3.05, 3.63) is 59.3 Å². The molecule has 2 heterocycles. The number of nitriles is 2. The second-order valence-electron chi connectivity index (χ2n) is 14.2. The van der Waals surface area contributed by atoms with Crippen LogP contribution in [-0.2, 0) is 29.7 Å². The third-order valence-corrected chi connectivity index (χ3v) is 10.8. The molecule has 1 aromatic carbocycles. The molecule has 0 fully saturated rings. The summed E-state index contributed by atoms with van der Waals surface area (Å²) in [7, 11) is -4.81. The number of nitrogens with two attached hydrogens (primary N) is 1. The number of aromatic nitrogens is 3. The number of aliphatic hydroxyl groups excluding tert-OH is 2. The van der Waals surface area contributed by atoms with Crippen LogP contribution in [0.3, 0.4) is 0 Å². The average Bonchev–Trinajstić information content (AvgIpc) is 3.63. The van der Waals surface area contributed by atoms with E-state index in [9.17, 15) is 29.3 Å². The molecule has 5 N–H and O–H groups in total. The van der Waals surface area contributed by atoms with E-state index in [4.69, 9.17) is 29.5 Å². The van der Waals surface area contributed by atoms with Crippen LogP contribution in [0.1, 0.15) is 145 Å². The summed E-state index contributed by atoms with van der Waals surface area (Å²) >= 11 is 0.